The lowest BCUT2D eigenvalue weighted by atomic mass is 9.39. The maximum Gasteiger partial charge on any atom is 0.173 e. The van der Waals surface area contributed by atoms with Crippen LogP contribution in [0.1, 0.15) is 12.8 Å². The van der Waals surface area contributed by atoms with E-state index in [1.165, 1.54) is 18.8 Å². The van der Waals surface area contributed by atoms with Gasteiger partial charge in [-0.2, -0.15) is 0 Å². The summed E-state index contributed by atoms with van der Waals surface area (Å²) in [7, 11) is -1.49. The summed E-state index contributed by atoms with van der Waals surface area (Å²) in [5, 5.41) is 0. The molecule has 0 bridgehead atoms. The quantitative estimate of drug-likeness (QED) is 0.488. The van der Waals surface area contributed by atoms with E-state index in [4.69, 9.17) is 0 Å². The summed E-state index contributed by atoms with van der Waals surface area (Å²) in [6, 6.07) is 1.48. The Balaban J connectivity index is 3.28. The van der Waals surface area contributed by atoms with Crippen molar-refractivity contribution >= 4 is 23.6 Å². The van der Waals surface area contributed by atoms with E-state index < -0.39 is 8.07 Å². The van der Waals surface area contributed by atoms with Gasteiger partial charge in [-0.05, 0) is 6.42 Å². The van der Waals surface area contributed by atoms with Crippen LogP contribution in [-0.4, -0.2) is 23.6 Å². The standard InChI is InChI=1S/C15H28BSi2/c1-7-10-14-15(17(3)4)18(5,6)13-9-12-16(14)11-8-2/h7-8H,1-2,9-13H2,3-6H3. The first kappa shape index (κ1) is 15.8. The molecule has 0 fully saturated rings. The predicted molar refractivity (Wildman–Crippen MR) is 91.8 cm³/mol. The average Bonchev–Trinajstić information content (AvgIpc) is 2.37. The minimum Gasteiger partial charge on any atom is -0.105 e. The highest BCUT2D eigenvalue weighted by atomic mass is 28.4. The van der Waals surface area contributed by atoms with Gasteiger partial charge in [0.2, 0.25) is 0 Å². The summed E-state index contributed by atoms with van der Waals surface area (Å²) in [5.74, 6) is 0. The summed E-state index contributed by atoms with van der Waals surface area (Å²) < 4.78 is 0. The molecule has 99 valence electrons. The third-order valence-electron chi connectivity index (χ3n) is 4.16. The zero-order chi connectivity index (χ0) is 13.8. The third kappa shape index (κ3) is 3.61. The maximum absolute atomic E-state index is 3.99. The summed E-state index contributed by atoms with van der Waals surface area (Å²) >= 11 is 0. The normalized spacial score (nSPS) is 19.9. The van der Waals surface area contributed by atoms with Crippen molar-refractivity contribution in [3.05, 3.63) is 35.6 Å². The predicted octanol–water partition coefficient (Wildman–Crippen LogP) is 5.02. The van der Waals surface area contributed by atoms with Crippen molar-refractivity contribution in [1.82, 2.24) is 0 Å². The van der Waals surface area contributed by atoms with Crippen LogP contribution < -0.4 is 0 Å². The van der Waals surface area contributed by atoms with Gasteiger partial charge >= 0.3 is 0 Å². The Bertz CT molecular complexity index is 342. The van der Waals surface area contributed by atoms with E-state index in [9.17, 15) is 0 Å². The van der Waals surface area contributed by atoms with Crippen LogP contribution in [-0.2, 0) is 0 Å². The second-order valence-electron chi connectivity index (χ2n) is 6.39. The molecule has 1 aliphatic rings. The van der Waals surface area contributed by atoms with E-state index in [1.807, 2.05) is 4.82 Å². The highest BCUT2D eigenvalue weighted by molar-refractivity contribution is 7.00. The molecule has 0 aliphatic carbocycles. The lowest BCUT2D eigenvalue weighted by Gasteiger charge is -2.30. The Hall–Kier alpha value is -0.281. The van der Waals surface area contributed by atoms with Crippen molar-refractivity contribution in [2.45, 2.75) is 57.7 Å². The summed E-state index contributed by atoms with van der Waals surface area (Å²) in [6.07, 6.45) is 9.28. The molecule has 1 heterocycles. The van der Waals surface area contributed by atoms with Crippen LogP contribution in [0.15, 0.2) is 35.6 Å². The smallest absolute Gasteiger partial charge is 0.105 e. The first-order chi connectivity index (χ1) is 8.44. The highest BCUT2D eigenvalue weighted by Gasteiger charge is 2.35. The van der Waals surface area contributed by atoms with Crippen LogP contribution >= 0.6 is 0 Å². The van der Waals surface area contributed by atoms with Gasteiger partial charge in [0.05, 0.1) is 16.9 Å². The van der Waals surface area contributed by atoms with Crippen LogP contribution in [0.2, 0.25) is 44.9 Å². The zero-order valence-electron chi connectivity index (χ0n) is 12.7. The lowest BCUT2D eigenvalue weighted by Crippen LogP contribution is -2.37. The van der Waals surface area contributed by atoms with Gasteiger partial charge in [-0.15, -0.1) is 23.4 Å². The molecule has 0 nitrogen and oxygen atoms in total. The fraction of sp³-hybridized carbons (Fsp3) is 0.600. The van der Waals surface area contributed by atoms with E-state index in [1.54, 1.807) is 5.47 Å². The molecule has 1 rings (SSSR count). The second kappa shape index (κ2) is 6.76. The minimum absolute atomic E-state index is 0.326. The molecule has 0 unspecified atom stereocenters. The van der Waals surface area contributed by atoms with Crippen LogP contribution in [0.4, 0.5) is 0 Å². The topological polar surface area (TPSA) is 0 Å². The van der Waals surface area contributed by atoms with E-state index >= 15 is 0 Å². The molecular weight excluding hydrogens is 247 g/mol. The number of rotatable bonds is 5. The van der Waals surface area contributed by atoms with Gasteiger partial charge in [0, 0.05) is 0 Å². The van der Waals surface area contributed by atoms with Gasteiger partial charge in [0.15, 0.2) is 6.71 Å². The molecule has 1 radical (unpaired) electrons. The molecule has 0 saturated carbocycles. The van der Waals surface area contributed by atoms with Crippen LogP contribution in [0, 0.1) is 0 Å². The molecule has 0 aromatic carbocycles. The molecule has 0 saturated heterocycles. The summed E-state index contributed by atoms with van der Waals surface area (Å²) in [6.45, 7) is 18.8. The monoisotopic (exact) mass is 275 g/mol. The largest absolute Gasteiger partial charge is 0.173 e. The fourth-order valence-electron chi connectivity index (χ4n) is 3.61. The number of hydrogen-bond donors (Lipinski definition) is 0. The molecule has 0 atom stereocenters. The molecule has 0 amide bonds. The van der Waals surface area contributed by atoms with Gasteiger partial charge in [-0.3, -0.25) is 0 Å². The Morgan fingerprint density at radius 2 is 1.94 bits per heavy atom. The van der Waals surface area contributed by atoms with Crippen molar-refractivity contribution in [3.63, 3.8) is 0 Å². The lowest BCUT2D eigenvalue weighted by molar-refractivity contribution is 1.03. The molecule has 0 aromatic heterocycles. The Labute approximate surface area is 117 Å². The van der Waals surface area contributed by atoms with Crippen LogP contribution in [0.25, 0.3) is 0 Å². The van der Waals surface area contributed by atoms with Gasteiger partial charge in [-0.25, -0.2) is 0 Å². The van der Waals surface area contributed by atoms with E-state index in [-0.39, 0.29) is 8.80 Å². The SMILES string of the molecule is C=CCB1CCC[Si](C)(C)C([Si](C)C)=C1CC=C. The zero-order valence-corrected chi connectivity index (χ0v) is 14.7. The van der Waals surface area contributed by atoms with E-state index in [0.717, 1.165) is 19.5 Å². The molecule has 18 heavy (non-hydrogen) atoms. The van der Waals surface area contributed by atoms with Crippen LogP contribution in [0.3, 0.4) is 0 Å². The van der Waals surface area contributed by atoms with Crippen molar-refractivity contribution in [1.29, 1.82) is 0 Å². The first-order valence-corrected chi connectivity index (χ1v) is 12.9. The Kier molecular flexibility index (Phi) is 5.92. The molecule has 0 aromatic rings. The third-order valence-corrected chi connectivity index (χ3v) is 12.3. The molecule has 3 heteroatoms. The maximum atomic E-state index is 3.99. The molecule has 0 N–H and O–H groups in total. The van der Waals surface area contributed by atoms with Gasteiger partial charge in [-0.1, -0.05) is 63.4 Å². The molecular formula is C15H28BSi2. The number of allylic oxidation sites excluding steroid dienone is 3. The van der Waals surface area contributed by atoms with Crippen molar-refractivity contribution in [3.8, 4) is 0 Å². The Morgan fingerprint density at radius 1 is 1.28 bits per heavy atom. The summed E-state index contributed by atoms with van der Waals surface area (Å²) in [4.78, 5) is 1.93. The van der Waals surface area contributed by atoms with Gasteiger partial charge in [0.1, 0.15) is 0 Å². The van der Waals surface area contributed by atoms with Gasteiger partial charge < -0.3 is 0 Å². The Morgan fingerprint density at radius 3 is 2.44 bits per heavy atom. The minimum atomic E-state index is -1.16. The highest BCUT2D eigenvalue weighted by Crippen LogP contribution is 2.35. The fourth-order valence-corrected chi connectivity index (χ4v) is 12.9. The molecule has 0 spiro atoms. The second-order valence-corrected chi connectivity index (χ2v) is 14.2. The number of hydrogen-bond acceptors (Lipinski definition) is 0. The van der Waals surface area contributed by atoms with Crippen molar-refractivity contribution in [2.75, 3.05) is 0 Å². The van der Waals surface area contributed by atoms with Gasteiger partial charge in [0.25, 0.3) is 0 Å². The summed E-state index contributed by atoms with van der Waals surface area (Å²) in [5.41, 5.74) is 1.76. The van der Waals surface area contributed by atoms with Crippen molar-refractivity contribution in [2.24, 2.45) is 0 Å². The van der Waals surface area contributed by atoms with Crippen molar-refractivity contribution < 1.29 is 0 Å². The average molecular weight is 275 g/mol. The van der Waals surface area contributed by atoms with E-state index in [0.29, 0.717) is 0 Å². The first-order valence-electron chi connectivity index (χ1n) is 7.20. The van der Waals surface area contributed by atoms with Crippen LogP contribution in [0.5, 0.6) is 0 Å². The molecule has 1 aliphatic heterocycles. The van der Waals surface area contributed by atoms with E-state index in [2.05, 4.69) is 51.5 Å².